The van der Waals surface area contributed by atoms with E-state index < -0.39 is 41.5 Å². The predicted molar refractivity (Wildman–Crippen MR) is 73.1 cm³/mol. The molecule has 6 heteroatoms. The van der Waals surface area contributed by atoms with Crippen LogP contribution in [-0.4, -0.2) is 52.5 Å². The van der Waals surface area contributed by atoms with Crippen LogP contribution >= 0.6 is 0 Å². The number of ether oxygens (including phenoxy) is 1. The topological polar surface area (TPSA) is 104 Å². The highest BCUT2D eigenvalue weighted by Gasteiger charge is 2.58. The maximum atomic E-state index is 12.2. The minimum absolute atomic E-state index is 0.0487. The number of Topliss-reactive ketones (excluding diaryl/α,β-unsaturated/α-hetero) is 1. The minimum Gasteiger partial charge on any atom is -0.466 e. The maximum absolute atomic E-state index is 12.2. The van der Waals surface area contributed by atoms with Crippen LogP contribution in [0.3, 0.4) is 0 Å². The van der Waals surface area contributed by atoms with Crippen molar-refractivity contribution in [1.82, 2.24) is 0 Å². The van der Waals surface area contributed by atoms with E-state index >= 15 is 0 Å². The number of hydrogen-bond acceptors (Lipinski definition) is 6. The van der Waals surface area contributed by atoms with Crippen LogP contribution in [0.1, 0.15) is 26.2 Å². The van der Waals surface area contributed by atoms with Crippen molar-refractivity contribution in [3.8, 4) is 0 Å². The Bertz CT molecular complexity index is 473. The third-order valence-electron chi connectivity index (χ3n) is 5.11. The summed E-state index contributed by atoms with van der Waals surface area (Å²) in [5.41, 5.74) is -0.937. The van der Waals surface area contributed by atoms with Crippen LogP contribution in [-0.2, 0) is 14.3 Å². The minimum atomic E-state index is -1.26. The Hall–Kier alpha value is -1.24. The van der Waals surface area contributed by atoms with Gasteiger partial charge in [-0.2, -0.15) is 0 Å². The van der Waals surface area contributed by atoms with Crippen molar-refractivity contribution in [3.05, 3.63) is 12.2 Å². The molecule has 2 saturated carbocycles. The summed E-state index contributed by atoms with van der Waals surface area (Å²) >= 11 is 0. The predicted octanol–water partition coefficient (Wildman–Crippen LogP) is -0.196. The SMILES string of the molecule is C=C(C(=O)OC)[C@H]1[C@@H](O)[C@H]2C(=O)CC[C@@H](O)[C@@]2(C)C[C@H]1O. The van der Waals surface area contributed by atoms with E-state index in [9.17, 15) is 24.9 Å². The van der Waals surface area contributed by atoms with Crippen LogP contribution in [0, 0.1) is 17.3 Å². The van der Waals surface area contributed by atoms with E-state index in [0.717, 1.165) is 0 Å². The monoisotopic (exact) mass is 298 g/mol. The Morgan fingerprint density at radius 3 is 2.57 bits per heavy atom. The van der Waals surface area contributed by atoms with Gasteiger partial charge in [0.2, 0.25) is 0 Å². The van der Waals surface area contributed by atoms with Gasteiger partial charge >= 0.3 is 5.97 Å². The zero-order chi connectivity index (χ0) is 15.9. The largest absolute Gasteiger partial charge is 0.466 e. The van der Waals surface area contributed by atoms with Crippen molar-refractivity contribution in [1.29, 1.82) is 0 Å². The fourth-order valence-electron chi connectivity index (χ4n) is 3.90. The van der Waals surface area contributed by atoms with Crippen LogP contribution in [0.15, 0.2) is 12.2 Å². The zero-order valence-corrected chi connectivity index (χ0v) is 12.3. The Morgan fingerprint density at radius 2 is 2.00 bits per heavy atom. The standard InChI is InChI=1S/C15H22O6/c1-7(14(20)21-3)11-9(17)6-15(2)10(18)5-4-8(16)12(15)13(11)19/h9-13,17-19H,1,4-6H2,2-3H3/t9-,10-,11-,12-,13-,15-/m1/s1. The van der Waals surface area contributed by atoms with Crippen LogP contribution in [0.5, 0.6) is 0 Å². The highest BCUT2D eigenvalue weighted by molar-refractivity contribution is 5.89. The molecule has 2 aliphatic rings. The van der Waals surface area contributed by atoms with Crippen LogP contribution < -0.4 is 0 Å². The summed E-state index contributed by atoms with van der Waals surface area (Å²) in [6, 6.07) is 0. The summed E-state index contributed by atoms with van der Waals surface area (Å²) < 4.78 is 4.58. The van der Waals surface area contributed by atoms with Crippen LogP contribution in [0.2, 0.25) is 0 Å². The molecule has 118 valence electrons. The Morgan fingerprint density at radius 1 is 1.38 bits per heavy atom. The molecule has 0 spiro atoms. The number of hydrogen-bond donors (Lipinski definition) is 3. The molecule has 2 fully saturated rings. The molecule has 3 N–H and O–H groups in total. The molecule has 0 heterocycles. The molecular weight excluding hydrogens is 276 g/mol. The van der Waals surface area contributed by atoms with Crippen molar-refractivity contribution in [2.45, 2.75) is 44.5 Å². The second kappa shape index (κ2) is 5.51. The molecule has 21 heavy (non-hydrogen) atoms. The highest BCUT2D eigenvalue weighted by Crippen LogP contribution is 2.51. The number of fused-ring (bicyclic) bond motifs is 1. The third-order valence-corrected chi connectivity index (χ3v) is 5.11. The van der Waals surface area contributed by atoms with E-state index in [1.54, 1.807) is 6.92 Å². The van der Waals surface area contributed by atoms with Gasteiger partial charge in [-0.05, 0) is 12.8 Å². The molecular formula is C15H22O6. The summed E-state index contributed by atoms with van der Waals surface area (Å²) in [6.45, 7) is 5.28. The van der Waals surface area contributed by atoms with Gasteiger partial charge in [-0.15, -0.1) is 0 Å². The number of carbonyl (C=O) groups is 2. The molecule has 0 unspecified atom stereocenters. The summed E-state index contributed by atoms with van der Waals surface area (Å²) in [4.78, 5) is 23.8. The Kier molecular flexibility index (Phi) is 4.24. The molecule has 0 aliphatic heterocycles. The average Bonchev–Trinajstić information content (AvgIpc) is 2.41. The van der Waals surface area contributed by atoms with E-state index in [1.807, 2.05) is 0 Å². The Balaban J connectivity index is 2.36. The second-order valence-corrected chi connectivity index (χ2v) is 6.31. The van der Waals surface area contributed by atoms with Gasteiger partial charge in [-0.25, -0.2) is 4.79 Å². The molecule has 6 atom stereocenters. The van der Waals surface area contributed by atoms with Crippen LogP contribution in [0.25, 0.3) is 0 Å². The third kappa shape index (κ3) is 2.41. The van der Waals surface area contributed by atoms with Gasteiger partial charge in [-0.1, -0.05) is 13.5 Å². The van der Waals surface area contributed by atoms with E-state index in [2.05, 4.69) is 11.3 Å². The molecule has 2 rings (SSSR count). The first-order valence-corrected chi connectivity index (χ1v) is 7.08. The molecule has 2 aliphatic carbocycles. The molecule has 0 amide bonds. The molecule has 0 saturated heterocycles. The van der Waals surface area contributed by atoms with Crippen molar-refractivity contribution in [2.24, 2.45) is 17.3 Å². The lowest BCUT2D eigenvalue weighted by Crippen LogP contribution is -2.61. The van der Waals surface area contributed by atoms with Crippen LogP contribution in [0.4, 0.5) is 0 Å². The van der Waals surface area contributed by atoms with E-state index in [1.165, 1.54) is 7.11 Å². The molecule has 0 bridgehead atoms. The van der Waals surface area contributed by atoms with Gasteiger partial charge in [0.15, 0.2) is 0 Å². The first-order chi connectivity index (χ1) is 9.74. The van der Waals surface area contributed by atoms with E-state index in [-0.39, 0.29) is 24.2 Å². The van der Waals surface area contributed by atoms with Crippen molar-refractivity contribution in [2.75, 3.05) is 7.11 Å². The van der Waals surface area contributed by atoms with Gasteiger partial charge < -0.3 is 20.1 Å². The number of rotatable bonds is 2. The van der Waals surface area contributed by atoms with Gasteiger partial charge in [0.1, 0.15) is 5.78 Å². The van der Waals surface area contributed by atoms with Crippen molar-refractivity contribution in [3.63, 3.8) is 0 Å². The average molecular weight is 298 g/mol. The van der Waals surface area contributed by atoms with Gasteiger partial charge in [0, 0.05) is 23.3 Å². The number of esters is 1. The van der Waals surface area contributed by atoms with Crippen molar-refractivity contribution < 1.29 is 29.6 Å². The second-order valence-electron chi connectivity index (χ2n) is 6.31. The molecule has 0 aromatic rings. The summed E-state index contributed by atoms with van der Waals surface area (Å²) in [7, 11) is 1.19. The lowest BCUT2D eigenvalue weighted by molar-refractivity contribution is -0.178. The normalized spacial score (nSPS) is 43.1. The quantitative estimate of drug-likeness (QED) is 0.482. The van der Waals surface area contributed by atoms with E-state index in [4.69, 9.17) is 0 Å². The number of carbonyl (C=O) groups excluding carboxylic acids is 2. The zero-order valence-electron chi connectivity index (χ0n) is 12.3. The lowest BCUT2D eigenvalue weighted by atomic mass is 9.54. The van der Waals surface area contributed by atoms with Gasteiger partial charge in [-0.3, -0.25) is 4.79 Å². The number of ketones is 1. The van der Waals surface area contributed by atoms with E-state index in [0.29, 0.717) is 6.42 Å². The molecule has 0 radical (unpaired) electrons. The molecule has 6 nitrogen and oxygen atoms in total. The molecule has 0 aromatic heterocycles. The highest BCUT2D eigenvalue weighted by atomic mass is 16.5. The smallest absolute Gasteiger partial charge is 0.333 e. The number of methoxy groups -OCH3 is 1. The maximum Gasteiger partial charge on any atom is 0.333 e. The first kappa shape index (κ1) is 16.1. The van der Waals surface area contributed by atoms with Gasteiger partial charge in [0.25, 0.3) is 0 Å². The lowest BCUT2D eigenvalue weighted by Gasteiger charge is -2.53. The first-order valence-electron chi connectivity index (χ1n) is 7.08. The molecule has 0 aromatic carbocycles. The summed E-state index contributed by atoms with van der Waals surface area (Å²) in [6.07, 6.45) is -2.44. The van der Waals surface area contributed by atoms with Crippen molar-refractivity contribution >= 4 is 11.8 Å². The Labute approximate surface area is 123 Å². The fraction of sp³-hybridized carbons (Fsp3) is 0.733. The summed E-state index contributed by atoms with van der Waals surface area (Å²) in [5, 5.41) is 31.1. The number of aliphatic hydroxyl groups excluding tert-OH is 3. The van der Waals surface area contributed by atoms with Gasteiger partial charge in [0.05, 0.1) is 31.3 Å². The fourth-order valence-corrected chi connectivity index (χ4v) is 3.90. The number of aliphatic hydroxyl groups is 3. The summed E-state index contributed by atoms with van der Waals surface area (Å²) in [5.74, 6) is -2.63.